The van der Waals surface area contributed by atoms with Crippen molar-refractivity contribution in [3.63, 3.8) is 0 Å². The number of anilines is 2. The van der Waals surface area contributed by atoms with Crippen molar-refractivity contribution in [3.8, 4) is 0 Å². The van der Waals surface area contributed by atoms with Gasteiger partial charge in [0.15, 0.2) is 10.6 Å². The molecule has 1 saturated heterocycles. The maximum absolute atomic E-state index is 12.0. The monoisotopic (exact) mass is 393 g/mol. The normalized spacial score (nSPS) is 19.9. The average molecular weight is 394 g/mol. The van der Waals surface area contributed by atoms with Gasteiger partial charge in [0.25, 0.3) is 0 Å². The molecule has 1 aromatic carbocycles. The number of ether oxygens (including phenoxy) is 1. The van der Waals surface area contributed by atoms with Gasteiger partial charge in [-0.25, -0.2) is 0 Å². The number of carbonyl (C=O) groups is 1. The Morgan fingerprint density at radius 1 is 1.50 bits per heavy atom. The predicted octanol–water partition coefficient (Wildman–Crippen LogP) is 2.54. The van der Waals surface area contributed by atoms with Gasteiger partial charge in [0.2, 0.25) is 5.13 Å². The molecule has 1 aromatic heterocycles. The number of likely N-dealkylation sites (tertiary alicyclic amines) is 1. The summed E-state index contributed by atoms with van der Waals surface area (Å²) in [7, 11) is 0. The fourth-order valence-electron chi connectivity index (χ4n) is 3.25. The van der Waals surface area contributed by atoms with Crippen LogP contribution < -0.4 is 10.2 Å². The standard InChI is InChI=1S/C18H24N4O2S2/c1-3-24-16(23)14-8-6-10-21(11-14)12-22-18(25)26-17(20-22)19-15-9-5-4-7-13(15)2/h4-5,7,9,14H,3,6,8,10-12H2,1-2H3,(H,19,20)/p+1/t14-/m1/s1. The number of aromatic nitrogens is 2. The summed E-state index contributed by atoms with van der Waals surface area (Å²) < 4.78 is 7.79. The van der Waals surface area contributed by atoms with Crippen LogP contribution in [0.1, 0.15) is 25.3 Å². The predicted molar refractivity (Wildman–Crippen MR) is 105 cm³/mol. The zero-order chi connectivity index (χ0) is 18.5. The molecule has 1 aliphatic rings. The number of para-hydroxylation sites is 1. The number of piperidine rings is 1. The fraction of sp³-hybridized carbons (Fsp3) is 0.500. The molecule has 140 valence electrons. The van der Waals surface area contributed by atoms with Gasteiger partial charge >= 0.3 is 5.97 Å². The number of rotatable bonds is 6. The van der Waals surface area contributed by atoms with E-state index in [1.165, 1.54) is 21.8 Å². The lowest BCUT2D eigenvalue weighted by atomic mass is 9.99. The first-order valence-corrected chi connectivity index (χ1v) is 10.2. The van der Waals surface area contributed by atoms with Crippen LogP contribution in [-0.2, 0) is 16.2 Å². The summed E-state index contributed by atoms with van der Waals surface area (Å²) in [6.45, 7) is 6.83. The number of nitrogens with one attached hydrogen (secondary N) is 2. The van der Waals surface area contributed by atoms with Crippen LogP contribution in [0.5, 0.6) is 0 Å². The molecule has 1 aliphatic heterocycles. The van der Waals surface area contributed by atoms with E-state index in [4.69, 9.17) is 17.0 Å². The molecule has 8 heteroatoms. The van der Waals surface area contributed by atoms with Crippen molar-refractivity contribution in [2.45, 2.75) is 33.4 Å². The lowest BCUT2D eigenvalue weighted by Gasteiger charge is -2.28. The molecule has 2 N–H and O–H groups in total. The number of quaternary nitrogens is 1. The van der Waals surface area contributed by atoms with Crippen molar-refractivity contribution >= 4 is 40.3 Å². The van der Waals surface area contributed by atoms with Crippen LogP contribution in [0.2, 0.25) is 0 Å². The van der Waals surface area contributed by atoms with Gasteiger partial charge in [0, 0.05) is 5.69 Å². The third-order valence-electron chi connectivity index (χ3n) is 4.60. The number of nitrogens with zero attached hydrogens (tertiary/aromatic N) is 2. The first kappa shape index (κ1) is 19.0. The Morgan fingerprint density at radius 3 is 3.08 bits per heavy atom. The quantitative estimate of drug-likeness (QED) is 0.583. The zero-order valence-electron chi connectivity index (χ0n) is 15.2. The molecule has 6 nitrogen and oxygen atoms in total. The van der Waals surface area contributed by atoms with Gasteiger partial charge in [-0.2, -0.15) is 4.68 Å². The highest BCUT2D eigenvalue weighted by Gasteiger charge is 2.30. The summed E-state index contributed by atoms with van der Waals surface area (Å²) in [6.07, 6.45) is 1.93. The van der Waals surface area contributed by atoms with E-state index < -0.39 is 0 Å². The van der Waals surface area contributed by atoms with E-state index in [0.29, 0.717) is 13.3 Å². The number of aryl methyl sites for hydroxylation is 1. The molecule has 2 heterocycles. The molecule has 3 rings (SSSR count). The molecule has 0 saturated carbocycles. The number of hydrogen-bond donors (Lipinski definition) is 2. The van der Waals surface area contributed by atoms with Gasteiger partial charge in [0.05, 0.1) is 19.7 Å². The van der Waals surface area contributed by atoms with Crippen molar-refractivity contribution < 1.29 is 14.4 Å². The van der Waals surface area contributed by atoms with Crippen molar-refractivity contribution in [2.24, 2.45) is 5.92 Å². The van der Waals surface area contributed by atoms with Gasteiger partial charge in [-0.15, -0.1) is 5.10 Å². The SMILES string of the molecule is CCOC(=O)[C@@H]1CCC[NH+](Cn2nc(Nc3ccccc3C)sc2=S)C1. The minimum Gasteiger partial charge on any atom is -0.466 e. The molecule has 1 fully saturated rings. The topological polar surface area (TPSA) is 60.6 Å². The van der Waals surface area contributed by atoms with E-state index >= 15 is 0 Å². The highest BCUT2D eigenvalue weighted by atomic mass is 32.1. The van der Waals surface area contributed by atoms with Crippen LogP contribution in [0, 0.1) is 16.8 Å². The lowest BCUT2D eigenvalue weighted by molar-refractivity contribution is -0.930. The first-order valence-electron chi connectivity index (χ1n) is 8.97. The third-order valence-corrected chi connectivity index (χ3v) is 5.83. The third kappa shape index (κ3) is 4.69. The Labute approximate surface area is 162 Å². The molecular weight excluding hydrogens is 368 g/mol. The van der Waals surface area contributed by atoms with Gasteiger partial charge in [0.1, 0.15) is 5.92 Å². The molecule has 26 heavy (non-hydrogen) atoms. The van der Waals surface area contributed by atoms with Crippen LogP contribution in [0.25, 0.3) is 0 Å². The molecule has 0 amide bonds. The first-order chi connectivity index (χ1) is 12.6. The highest BCUT2D eigenvalue weighted by molar-refractivity contribution is 7.73. The second-order valence-electron chi connectivity index (χ2n) is 6.57. The Hall–Kier alpha value is -1.77. The van der Waals surface area contributed by atoms with E-state index in [9.17, 15) is 4.79 Å². The van der Waals surface area contributed by atoms with E-state index in [0.717, 1.165) is 40.7 Å². The van der Waals surface area contributed by atoms with Crippen LogP contribution in [0.4, 0.5) is 10.8 Å². The summed E-state index contributed by atoms with van der Waals surface area (Å²) in [5, 5.41) is 8.77. The summed E-state index contributed by atoms with van der Waals surface area (Å²) in [4.78, 5) is 13.3. The Kier molecular flexibility index (Phi) is 6.39. The molecule has 0 bridgehead atoms. The van der Waals surface area contributed by atoms with Crippen molar-refractivity contribution in [2.75, 3.05) is 25.0 Å². The van der Waals surface area contributed by atoms with E-state index in [2.05, 4.69) is 23.4 Å². The molecule has 2 atom stereocenters. The number of hydrogen-bond acceptors (Lipinski definition) is 6. The maximum Gasteiger partial charge on any atom is 0.314 e. The molecular formula is C18H25N4O2S2+. The van der Waals surface area contributed by atoms with E-state index in [1.807, 2.05) is 29.8 Å². The summed E-state index contributed by atoms with van der Waals surface area (Å²) in [6, 6.07) is 8.11. The Bertz CT molecular complexity index is 818. The second-order valence-corrected chi connectivity index (χ2v) is 8.19. The summed E-state index contributed by atoms with van der Waals surface area (Å²) >= 11 is 6.96. The van der Waals surface area contributed by atoms with Gasteiger partial charge < -0.3 is 15.0 Å². The number of benzene rings is 1. The van der Waals surface area contributed by atoms with Crippen LogP contribution in [0.3, 0.4) is 0 Å². The highest BCUT2D eigenvalue weighted by Crippen LogP contribution is 2.22. The second kappa shape index (κ2) is 8.75. The van der Waals surface area contributed by atoms with Crippen LogP contribution >= 0.6 is 23.6 Å². The molecule has 1 unspecified atom stereocenters. The Morgan fingerprint density at radius 2 is 2.31 bits per heavy atom. The molecule has 0 aliphatic carbocycles. The fourth-order valence-corrected chi connectivity index (χ4v) is 4.27. The average Bonchev–Trinajstić information content (AvgIpc) is 2.96. The minimum absolute atomic E-state index is 0.0175. The molecule has 0 spiro atoms. The maximum atomic E-state index is 12.0. The zero-order valence-corrected chi connectivity index (χ0v) is 16.8. The number of esters is 1. The van der Waals surface area contributed by atoms with Gasteiger partial charge in [-0.3, -0.25) is 4.79 Å². The Balaban J connectivity index is 1.65. The van der Waals surface area contributed by atoms with Gasteiger partial charge in [-0.05, 0) is 50.5 Å². The molecule has 2 aromatic rings. The van der Waals surface area contributed by atoms with Gasteiger partial charge in [-0.1, -0.05) is 29.5 Å². The summed E-state index contributed by atoms with van der Waals surface area (Å²) in [5.41, 5.74) is 2.20. The van der Waals surface area contributed by atoms with E-state index in [1.54, 1.807) is 0 Å². The van der Waals surface area contributed by atoms with Crippen LogP contribution in [-0.4, -0.2) is 35.4 Å². The van der Waals surface area contributed by atoms with Crippen molar-refractivity contribution in [1.82, 2.24) is 9.78 Å². The van der Waals surface area contributed by atoms with Crippen LogP contribution in [0.15, 0.2) is 24.3 Å². The molecule has 0 radical (unpaired) electrons. The minimum atomic E-state index is -0.0755. The number of carbonyl (C=O) groups excluding carboxylic acids is 1. The largest absolute Gasteiger partial charge is 0.466 e. The lowest BCUT2D eigenvalue weighted by Crippen LogP contribution is -3.13. The van der Waals surface area contributed by atoms with Crippen molar-refractivity contribution in [1.29, 1.82) is 0 Å². The smallest absolute Gasteiger partial charge is 0.314 e. The van der Waals surface area contributed by atoms with E-state index in [-0.39, 0.29) is 11.9 Å². The van der Waals surface area contributed by atoms with Crippen molar-refractivity contribution in [3.05, 3.63) is 33.8 Å². The summed E-state index contributed by atoms with van der Waals surface area (Å²) in [5.74, 6) is -0.0930.